The van der Waals surface area contributed by atoms with Crippen LogP contribution in [0.4, 0.5) is 4.79 Å². The van der Waals surface area contributed by atoms with Crippen molar-refractivity contribution in [2.24, 2.45) is 5.73 Å². The predicted octanol–water partition coefficient (Wildman–Crippen LogP) is 1.80. The second kappa shape index (κ2) is 5.40. The SMILES string of the molecule is Cc1ccccc1C1CN(C(C)CCN)C(=O)N1. The number of hydrogen-bond donors (Lipinski definition) is 2. The molecule has 0 saturated carbocycles. The van der Waals surface area contributed by atoms with Crippen LogP contribution in [0.5, 0.6) is 0 Å². The van der Waals surface area contributed by atoms with Gasteiger partial charge in [-0.05, 0) is 37.9 Å². The number of aryl methyl sites for hydroxylation is 1. The van der Waals surface area contributed by atoms with Gasteiger partial charge in [-0.25, -0.2) is 4.79 Å². The van der Waals surface area contributed by atoms with Crippen LogP contribution in [0.3, 0.4) is 0 Å². The van der Waals surface area contributed by atoms with Crippen LogP contribution < -0.4 is 11.1 Å². The van der Waals surface area contributed by atoms with Gasteiger partial charge in [-0.15, -0.1) is 0 Å². The molecule has 1 aliphatic heterocycles. The minimum Gasteiger partial charge on any atom is -0.330 e. The molecule has 1 aromatic carbocycles. The summed E-state index contributed by atoms with van der Waals surface area (Å²) in [4.78, 5) is 13.8. The summed E-state index contributed by atoms with van der Waals surface area (Å²) in [6.45, 7) is 5.46. The molecule has 0 bridgehead atoms. The van der Waals surface area contributed by atoms with Gasteiger partial charge in [0.2, 0.25) is 0 Å². The Hall–Kier alpha value is -1.55. The van der Waals surface area contributed by atoms with E-state index in [4.69, 9.17) is 5.73 Å². The normalized spacial score (nSPS) is 20.9. The first-order valence-electron chi connectivity index (χ1n) is 6.46. The number of hydrogen-bond acceptors (Lipinski definition) is 2. The fourth-order valence-corrected chi connectivity index (χ4v) is 2.49. The Morgan fingerprint density at radius 2 is 2.22 bits per heavy atom. The van der Waals surface area contributed by atoms with E-state index in [1.165, 1.54) is 11.1 Å². The third-order valence-corrected chi connectivity index (χ3v) is 3.62. The van der Waals surface area contributed by atoms with E-state index in [-0.39, 0.29) is 18.1 Å². The quantitative estimate of drug-likeness (QED) is 0.852. The topological polar surface area (TPSA) is 58.4 Å². The average molecular weight is 247 g/mol. The van der Waals surface area contributed by atoms with Gasteiger partial charge < -0.3 is 16.0 Å². The Morgan fingerprint density at radius 3 is 2.89 bits per heavy atom. The van der Waals surface area contributed by atoms with Gasteiger partial charge in [0.15, 0.2) is 0 Å². The van der Waals surface area contributed by atoms with E-state index in [2.05, 4.69) is 24.4 Å². The minimum absolute atomic E-state index is 0.0178. The van der Waals surface area contributed by atoms with E-state index in [0.717, 1.165) is 13.0 Å². The summed E-state index contributed by atoms with van der Waals surface area (Å²) < 4.78 is 0. The number of nitrogens with zero attached hydrogens (tertiary/aromatic N) is 1. The molecular weight excluding hydrogens is 226 g/mol. The first-order chi connectivity index (χ1) is 8.63. The van der Waals surface area contributed by atoms with Crippen molar-refractivity contribution < 1.29 is 4.79 Å². The highest BCUT2D eigenvalue weighted by Crippen LogP contribution is 2.24. The number of rotatable bonds is 4. The summed E-state index contributed by atoms with van der Waals surface area (Å²) in [7, 11) is 0. The van der Waals surface area contributed by atoms with Crippen LogP contribution in [0.25, 0.3) is 0 Å². The number of urea groups is 1. The summed E-state index contributed by atoms with van der Waals surface area (Å²) in [5.74, 6) is 0. The maximum absolute atomic E-state index is 12.0. The van der Waals surface area contributed by atoms with Crippen molar-refractivity contribution in [1.29, 1.82) is 0 Å². The molecule has 0 aromatic heterocycles. The molecule has 2 amide bonds. The van der Waals surface area contributed by atoms with Gasteiger partial charge in [-0.3, -0.25) is 0 Å². The summed E-state index contributed by atoms with van der Waals surface area (Å²) in [6.07, 6.45) is 0.841. The Morgan fingerprint density at radius 1 is 1.50 bits per heavy atom. The van der Waals surface area contributed by atoms with Crippen LogP contribution in [0.1, 0.15) is 30.5 Å². The Balaban J connectivity index is 2.11. The fraction of sp³-hybridized carbons (Fsp3) is 0.500. The van der Waals surface area contributed by atoms with Crippen LogP contribution in [-0.2, 0) is 0 Å². The summed E-state index contributed by atoms with van der Waals surface area (Å²) in [5, 5.41) is 3.05. The molecule has 2 rings (SSSR count). The molecule has 0 spiro atoms. The zero-order valence-electron chi connectivity index (χ0n) is 11.0. The lowest BCUT2D eigenvalue weighted by Gasteiger charge is -2.22. The monoisotopic (exact) mass is 247 g/mol. The smallest absolute Gasteiger partial charge is 0.318 e. The Kier molecular flexibility index (Phi) is 3.87. The van der Waals surface area contributed by atoms with Crippen LogP contribution in [0.15, 0.2) is 24.3 Å². The molecule has 18 heavy (non-hydrogen) atoms. The second-order valence-corrected chi connectivity index (χ2v) is 4.94. The van der Waals surface area contributed by atoms with Crippen LogP contribution >= 0.6 is 0 Å². The first kappa shape index (κ1) is 12.9. The summed E-state index contributed by atoms with van der Waals surface area (Å²) in [5.41, 5.74) is 7.97. The molecule has 1 heterocycles. The number of benzene rings is 1. The minimum atomic E-state index is 0.0178. The molecule has 1 aromatic rings. The predicted molar refractivity (Wildman–Crippen MR) is 72.3 cm³/mol. The molecule has 2 unspecified atom stereocenters. The van der Waals surface area contributed by atoms with Crippen molar-refractivity contribution in [1.82, 2.24) is 10.2 Å². The summed E-state index contributed by atoms with van der Waals surface area (Å²) in [6, 6.07) is 8.50. The van der Waals surface area contributed by atoms with Gasteiger partial charge in [0.25, 0.3) is 0 Å². The lowest BCUT2D eigenvalue weighted by atomic mass is 10.0. The maximum Gasteiger partial charge on any atom is 0.318 e. The molecule has 1 fully saturated rings. The molecule has 2 atom stereocenters. The van der Waals surface area contributed by atoms with Crippen molar-refractivity contribution in [3.63, 3.8) is 0 Å². The average Bonchev–Trinajstić information content (AvgIpc) is 2.72. The fourth-order valence-electron chi connectivity index (χ4n) is 2.49. The molecule has 3 N–H and O–H groups in total. The standard InChI is InChI=1S/C14H21N3O/c1-10-5-3-4-6-12(10)13-9-17(14(18)16-13)11(2)7-8-15/h3-6,11,13H,7-9,15H2,1-2H3,(H,16,18). The molecular formula is C14H21N3O. The van der Waals surface area contributed by atoms with E-state index in [1.807, 2.05) is 24.0 Å². The molecule has 0 radical (unpaired) electrons. The van der Waals surface area contributed by atoms with E-state index in [1.54, 1.807) is 0 Å². The zero-order valence-corrected chi connectivity index (χ0v) is 11.0. The second-order valence-electron chi connectivity index (χ2n) is 4.94. The largest absolute Gasteiger partial charge is 0.330 e. The lowest BCUT2D eigenvalue weighted by Crippen LogP contribution is -2.37. The van der Waals surface area contributed by atoms with E-state index in [0.29, 0.717) is 6.54 Å². The number of carbonyl (C=O) groups excluding carboxylic acids is 1. The number of nitrogens with one attached hydrogen (secondary N) is 1. The molecule has 0 aliphatic carbocycles. The molecule has 98 valence electrons. The van der Waals surface area contributed by atoms with E-state index >= 15 is 0 Å². The Bertz CT molecular complexity index is 433. The van der Waals surface area contributed by atoms with E-state index in [9.17, 15) is 4.79 Å². The van der Waals surface area contributed by atoms with Crippen molar-refractivity contribution in [3.05, 3.63) is 35.4 Å². The van der Waals surface area contributed by atoms with Crippen LogP contribution in [-0.4, -0.2) is 30.1 Å². The van der Waals surface area contributed by atoms with Gasteiger partial charge >= 0.3 is 6.03 Å². The number of amides is 2. The maximum atomic E-state index is 12.0. The van der Waals surface area contributed by atoms with Gasteiger partial charge in [0.1, 0.15) is 0 Å². The summed E-state index contributed by atoms with van der Waals surface area (Å²) >= 11 is 0. The van der Waals surface area contributed by atoms with Crippen LogP contribution in [0, 0.1) is 6.92 Å². The van der Waals surface area contributed by atoms with Gasteiger partial charge in [-0.2, -0.15) is 0 Å². The highest BCUT2D eigenvalue weighted by Gasteiger charge is 2.32. The Labute approximate surface area is 108 Å². The molecule has 1 saturated heterocycles. The molecule has 4 heteroatoms. The van der Waals surface area contributed by atoms with Crippen molar-refractivity contribution >= 4 is 6.03 Å². The lowest BCUT2D eigenvalue weighted by molar-refractivity contribution is 0.199. The van der Waals surface area contributed by atoms with E-state index < -0.39 is 0 Å². The van der Waals surface area contributed by atoms with Crippen molar-refractivity contribution in [2.75, 3.05) is 13.1 Å². The third-order valence-electron chi connectivity index (χ3n) is 3.62. The van der Waals surface area contributed by atoms with Gasteiger partial charge in [0.05, 0.1) is 6.04 Å². The van der Waals surface area contributed by atoms with Gasteiger partial charge in [0, 0.05) is 12.6 Å². The number of carbonyl (C=O) groups is 1. The zero-order chi connectivity index (χ0) is 13.1. The highest BCUT2D eigenvalue weighted by atomic mass is 16.2. The molecule has 4 nitrogen and oxygen atoms in total. The third kappa shape index (κ3) is 2.48. The molecule has 1 aliphatic rings. The number of nitrogens with two attached hydrogens (primary N) is 1. The highest BCUT2D eigenvalue weighted by molar-refractivity contribution is 5.77. The first-order valence-corrected chi connectivity index (χ1v) is 6.46. The van der Waals surface area contributed by atoms with Crippen molar-refractivity contribution in [3.8, 4) is 0 Å². The van der Waals surface area contributed by atoms with Crippen molar-refractivity contribution in [2.45, 2.75) is 32.4 Å². The van der Waals surface area contributed by atoms with Crippen LogP contribution in [0.2, 0.25) is 0 Å². The van der Waals surface area contributed by atoms with Gasteiger partial charge in [-0.1, -0.05) is 24.3 Å².